The van der Waals surface area contributed by atoms with Gasteiger partial charge in [-0.2, -0.15) is 5.26 Å². The average Bonchev–Trinajstić information content (AvgIpc) is 2.40. The van der Waals surface area contributed by atoms with Crippen molar-refractivity contribution in [1.82, 2.24) is 4.90 Å². The summed E-state index contributed by atoms with van der Waals surface area (Å²) in [6, 6.07) is 10.4. The van der Waals surface area contributed by atoms with Crippen molar-refractivity contribution in [2.24, 2.45) is 17.6 Å². The van der Waals surface area contributed by atoms with Gasteiger partial charge in [0.2, 0.25) is 0 Å². The van der Waals surface area contributed by atoms with Crippen LogP contribution in [0.3, 0.4) is 0 Å². The highest BCUT2D eigenvalue weighted by molar-refractivity contribution is 5.52. The summed E-state index contributed by atoms with van der Waals surface area (Å²) in [4.78, 5) is 4.79. The summed E-state index contributed by atoms with van der Waals surface area (Å²) in [5.41, 5.74) is 8.23. The quantitative estimate of drug-likeness (QED) is 0.810. The summed E-state index contributed by atoms with van der Waals surface area (Å²) in [6.07, 6.45) is 0. The maximum atomic E-state index is 9.00. The van der Waals surface area contributed by atoms with Crippen LogP contribution < -0.4 is 10.6 Å². The fraction of sp³-hybridized carbons (Fsp3) is 0.533. The molecule has 2 saturated heterocycles. The number of rotatable bonds is 1. The van der Waals surface area contributed by atoms with E-state index in [1.54, 1.807) is 0 Å². The normalized spacial score (nSPS) is 31.0. The summed E-state index contributed by atoms with van der Waals surface area (Å²) in [6.45, 7) is 4.14. The number of anilines is 1. The molecule has 1 aromatic rings. The Kier molecular flexibility index (Phi) is 3.17. The number of nitriles is 1. The lowest BCUT2D eigenvalue weighted by molar-refractivity contribution is 0.107. The van der Waals surface area contributed by atoms with Crippen molar-refractivity contribution < 1.29 is 0 Å². The van der Waals surface area contributed by atoms with Gasteiger partial charge in [-0.1, -0.05) is 6.07 Å². The average molecular weight is 256 g/mol. The number of nitrogens with two attached hydrogens (primary N) is 1. The molecule has 0 saturated carbocycles. The van der Waals surface area contributed by atoms with Crippen molar-refractivity contribution in [1.29, 1.82) is 5.26 Å². The van der Waals surface area contributed by atoms with Gasteiger partial charge < -0.3 is 15.5 Å². The Morgan fingerprint density at radius 2 is 1.89 bits per heavy atom. The fourth-order valence-electron chi connectivity index (χ4n) is 3.49. The predicted octanol–water partition coefficient (Wildman–Crippen LogP) is 0.883. The van der Waals surface area contributed by atoms with Crippen LogP contribution in [-0.2, 0) is 0 Å². The number of fused-ring (bicyclic) bond motifs is 2. The summed E-state index contributed by atoms with van der Waals surface area (Å²) < 4.78 is 0. The molecule has 2 atom stereocenters. The molecule has 3 rings (SSSR count). The molecule has 2 bridgehead atoms. The topological polar surface area (TPSA) is 56.3 Å². The SMILES string of the molecule is CN1CC2CN(c3cccc(C#N)c3)CC(C1)C2N. The molecule has 100 valence electrons. The number of piperidine rings is 2. The van der Waals surface area contributed by atoms with Gasteiger partial charge in [0.25, 0.3) is 0 Å². The molecule has 1 aromatic carbocycles. The van der Waals surface area contributed by atoms with Gasteiger partial charge in [-0.3, -0.25) is 0 Å². The third kappa shape index (κ3) is 2.32. The molecule has 2 aliphatic rings. The van der Waals surface area contributed by atoms with Gasteiger partial charge >= 0.3 is 0 Å². The molecule has 0 amide bonds. The first-order valence-electron chi connectivity index (χ1n) is 6.86. The van der Waals surface area contributed by atoms with E-state index in [2.05, 4.69) is 29.0 Å². The number of benzene rings is 1. The highest BCUT2D eigenvalue weighted by Gasteiger charge is 2.39. The summed E-state index contributed by atoms with van der Waals surface area (Å²) >= 11 is 0. The van der Waals surface area contributed by atoms with Crippen molar-refractivity contribution in [3.8, 4) is 6.07 Å². The highest BCUT2D eigenvalue weighted by Crippen LogP contribution is 2.30. The van der Waals surface area contributed by atoms with Gasteiger partial charge in [-0.15, -0.1) is 0 Å². The van der Waals surface area contributed by atoms with Crippen LogP contribution in [0.5, 0.6) is 0 Å². The van der Waals surface area contributed by atoms with E-state index in [0.717, 1.165) is 37.4 Å². The minimum absolute atomic E-state index is 0.326. The Morgan fingerprint density at radius 1 is 1.21 bits per heavy atom. The molecule has 19 heavy (non-hydrogen) atoms. The lowest BCUT2D eigenvalue weighted by Gasteiger charge is -2.49. The van der Waals surface area contributed by atoms with Crippen molar-refractivity contribution in [2.75, 3.05) is 38.1 Å². The zero-order valence-electron chi connectivity index (χ0n) is 11.3. The third-order valence-electron chi connectivity index (χ3n) is 4.43. The lowest BCUT2D eigenvalue weighted by atomic mass is 9.80. The van der Waals surface area contributed by atoms with Crippen molar-refractivity contribution in [3.63, 3.8) is 0 Å². The smallest absolute Gasteiger partial charge is 0.0992 e. The molecule has 0 radical (unpaired) electrons. The molecule has 4 nitrogen and oxygen atoms in total. The van der Waals surface area contributed by atoms with Gasteiger partial charge in [-0.25, -0.2) is 0 Å². The molecule has 2 N–H and O–H groups in total. The van der Waals surface area contributed by atoms with Crippen LogP contribution in [0.15, 0.2) is 24.3 Å². The van der Waals surface area contributed by atoms with Crippen LogP contribution >= 0.6 is 0 Å². The van der Waals surface area contributed by atoms with Gasteiger partial charge in [0, 0.05) is 49.7 Å². The van der Waals surface area contributed by atoms with Crippen molar-refractivity contribution in [2.45, 2.75) is 6.04 Å². The molecule has 2 heterocycles. The van der Waals surface area contributed by atoms with E-state index < -0.39 is 0 Å². The second-order valence-corrected chi connectivity index (χ2v) is 5.89. The fourth-order valence-corrected chi connectivity index (χ4v) is 3.49. The van der Waals surface area contributed by atoms with Gasteiger partial charge in [0.15, 0.2) is 0 Å². The summed E-state index contributed by atoms with van der Waals surface area (Å²) in [5.74, 6) is 1.06. The first-order valence-corrected chi connectivity index (χ1v) is 6.86. The van der Waals surface area contributed by atoms with Crippen LogP contribution in [0.4, 0.5) is 5.69 Å². The minimum atomic E-state index is 0.326. The largest absolute Gasteiger partial charge is 0.371 e. The molecule has 4 heteroatoms. The lowest BCUT2D eigenvalue weighted by Crippen LogP contribution is -2.62. The van der Waals surface area contributed by atoms with E-state index in [0.29, 0.717) is 17.9 Å². The van der Waals surface area contributed by atoms with Gasteiger partial charge in [0.1, 0.15) is 0 Å². The Bertz CT molecular complexity index is 491. The molecule has 0 spiro atoms. The molecular weight excluding hydrogens is 236 g/mol. The molecule has 0 aliphatic carbocycles. The summed E-state index contributed by atoms with van der Waals surface area (Å²) in [5, 5.41) is 9.00. The molecular formula is C15H20N4. The van der Waals surface area contributed by atoms with Crippen LogP contribution in [0.2, 0.25) is 0 Å². The standard InChI is InChI=1S/C15H20N4/c1-18-7-12-9-19(10-13(8-18)15(12)17)14-4-2-3-11(5-14)6-16/h2-5,12-13,15H,7-10,17H2,1H3. The second kappa shape index (κ2) is 4.84. The first-order chi connectivity index (χ1) is 9.17. The zero-order valence-corrected chi connectivity index (χ0v) is 11.3. The Labute approximate surface area is 114 Å². The van der Waals surface area contributed by atoms with E-state index in [4.69, 9.17) is 11.0 Å². The van der Waals surface area contributed by atoms with Crippen LogP contribution in [0, 0.1) is 23.2 Å². The maximum absolute atomic E-state index is 9.00. The van der Waals surface area contributed by atoms with E-state index in [9.17, 15) is 0 Å². The molecule has 2 aliphatic heterocycles. The van der Waals surface area contributed by atoms with Crippen LogP contribution in [-0.4, -0.2) is 44.2 Å². The van der Waals surface area contributed by atoms with E-state index in [1.165, 1.54) is 0 Å². The monoisotopic (exact) mass is 256 g/mol. The van der Waals surface area contributed by atoms with Crippen molar-refractivity contribution in [3.05, 3.63) is 29.8 Å². The third-order valence-corrected chi connectivity index (χ3v) is 4.43. The summed E-state index contributed by atoms with van der Waals surface area (Å²) in [7, 11) is 2.18. The van der Waals surface area contributed by atoms with E-state index >= 15 is 0 Å². The number of hydrogen-bond donors (Lipinski definition) is 1. The number of hydrogen-bond acceptors (Lipinski definition) is 4. The number of likely N-dealkylation sites (tertiary alicyclic amines) is 1. The van der Waals surface area contributed by atoms with Gasteiger partial charge in [0.05, 0.1) is 11.6 Å². The van der Waals surface area contributed by atoms with Crippen LogP contribution in [0.1, 0.15) is 5.56 Å². The molecule has 0 aromatic heterocycles. The van der Waals surface area contributed by atoms with Crippen LogP contribution in [0.25, 0.3) is 0 Å². The zero-order chi connectivity index (χ0) is 13.4. The predicted molar refractivity (Wildman–Crippen MR) is 75.8 cm³/mol. The Balaban J connectivity index is 1.82. The minimum Gasteiger partial charge on any atom is -0.371 e. The second-order valence-electron chi connectivity index (χ2n) is 5.89. The highest BCUT2D eigenvalue weighted by atomic mass is 15.2. The number of nitrogens with zero attached hydrogens (tertiary/aromatic N) is 3. The van der Waals surface area contributed by atoms with Crippen molar-refractivity contribution >= 4 is 5.69 Å². The van der Waals surface area contributed by atoms with E-state index in [-0.39, 0.29) is 0 Å². The Hall–Kier alpha value is -1.57. The molecule has 2 fully saturated rings. The Morgan fingerprint density at radius 3 is 2.53 bits per heavy atom. The van der Waals surface area contributed by atoms with E-state index in [1.807, 2.05) is 18.2 Å². The molecule has 2 unspecified atom stereocenters. The first kappa shape index (κ1) is 12.5. The maximum Gasteiger partial charge on any atom is 0.0992 e. The van der Waals surface area contributed by atoms with Gasteiger partial charge in [-0.05, 0) is 25.2 Å².